The fraction of sp³-hybridized carbons (Fsp3) is 0.306. The Labute approximate surface area is 254 Å². The third-order valence-corrected chi connectivity index (χ3v) is 8.78. The van der Waals surface area contributed by atoms with Gasteiger partial charge in [0.05, 0.1) is 25.6 Å². The number of hydrogen-bond acceptors (Lipinski definition) is 5. The van der Waals surface area contributed by atoms with Crippen LogP contribution in [0, 0.1) is 34.6 Å². The minimum atomic E-state index is -0.0634. The Morgan fingerprint density at radius 1 is 0.762 bits per heavy atom. The molecule has 2 aromatic heterocycles. The molecule has 1 aliphatic carbocycles. The maximum absolute atomic E-state index is 5.43. The van der Waals surface area contributed by atoms with Crippen molar-refractivity contribution in [2.75, 3.05) is 20.8 Å². The predicted molar refractivity (Wildman–Crippen MR) is 176 cm³/mol. The van der Waals surface area contributed by atoms with E-state index in [0.29, 0.717) is 0 Å². The van der Waals surface area contributed by atoms with Gasteiger partial charge in [-0.1, -0.05) is 43.3 Å². The molecule has 42 heavy (non-hydrogen) atoms. The van der Waals surface area contributed by atoms with Gasteiger partial charge < -0.3 is 15.2 Å². The van der Waals surface area contributed by atoms with E-state index in [-0.39, 0.29) is 6.04 Å². The third kappa shape index (κ3) is 6.15. The van der Waals surface area contributed by atoms with E-state index in [1.807, 2.05) is 54.1 Å². The van der Waals surface area contributed by atoms with Crippen LogP contribution in [0.2, 0.25) is 0 Å². The molecule has 0 bridgehead atoms. The van der Waals surface area contributed by atoms with Gasteiger partial charge in [-0.05, 0) is 115 Å². The van der Waals surface area contributed by atoms with Crippen LogP contribution < -0.4 is 15.2 Å². The van der Waals surface area contributed by atoms with Crippen LogP contribution in [0.5, 0.6) is 11.5 Å². The molecule has 6 heteroatoms. The van der Waals surface area contributed by atoms with Crippen molar-refractivity contribution >= 4 is 11.3 Å². The normalized spacial score (nSPS) is 11.2. The summed E-state index contributed by atoms with van der Waals surface area (Å²) in [5.74, 6) is 1.70. The maximum Gasteiger partial charge on any atom is 0.118 e. The molecule has 6 rings (SSSR count). The second-order valence-electron chi connectivity index (χ2n) is 10.5. The molecule has 5 aromatic rings. The van der Waals surface area contributed by atoms with Crippen LogP contribution in [0.4, 0.5) is 0 Å². The largest absolute Gasteiger partial charge is 0.497 e. The molecule has 0 saturated carbocycles. The lowest BCUT2D eigenvalue weighted by atomic mass is 9.89. The SMILES string of the molecule is CCN.COc1ccc(C(c2ccc(OC)cc2)n2nc(C)c3c2-c2c(C)c(C)c(C)c(C)c2C3)cc1.c1ccsc1. The van der Waals surface area contributed by atoms with Crippen LogP contribution in [0.25, 0.3) is 11.3 Å². The highest BCUT2D eigenvalue weighted by atomic mass is 32.1. The number of fused-ring (bicyclic) bond motifs is 3. The van der Waals surface area contributed by atoms with E-state index in [0.717, 1.165) is 30.2 Å². The number of rotatable bonds is 5. The summed E-state index contributed by atoms with van der Waals surface area (Å²) in [6.07, 6.45) is 0.947. The zero-order valence-electron chi connectivity index (χ0n) is 26.1. The van der Waals surface area contributed by atoms with Crippen LogP contribution in [0.3, 0.4) is 0 Å². The molecular formula is C36H43N3O2S. The number of ether oxygens (including phenoxy) is 2. The predicted octanol–water partition coefficient (Wildman–Crippen LogP) is 8.36. The maximum atomic E-state index is 5.43. The summed E-state index contributed by atoms with van der Waals surface area (Å²) in [5, 5.41) is 9.23. The zero-order chi connectivity index (χ0) is 30.4. The topological polar surface area (TPSA) is 62.3 Å². The van der Waals surface area contributed by atoms with Crippen molar-refractivity contribution in [2.45, 2.75) is 54.0 Å². The van der Waals surface area contributed by atoms with Crippen LogP contribution in [0.1, 0.15) is 63.2 Å². The summed E-state index contributed by atoms with van der Waals surface area (Å²) in [7, 11) is 3.40. The van der Waals surface area contributed by atoms with E-state index in [2.05, 4.69) is 63.6 Å². The molecule has 0 spiro atoms. The van der Waals surface area contributed by atoms with E-state index in [1.165, 1.54) is 55.8 Å². The molecule has 0 fully saturated rings. The summed E-state index contributed by atoms with van der Waals surface area (Å²) >= 11 is 1.71. The number of benzene rings is 3. The van der Waals surface area contributed by atoms with E-state index in [9.17, 15) is 0 Å². The van der Waals surface area contributed by atoms with Gasteiger partial charge in [0.25, 0.3) is 0 Å². The number of methoxy groups -OCH3 is 2. The first-order valence-corrected chi connectivity index (χ1v) is 15.3. The molecule has 3 aromatic carbocycles. The number of nitrogens with zero attached hydrogens (tertiary/aromatic N) is 2. The van der Waals surface area contributed by atoms with Gasteiger partial charge in [-0.25, -0.2) is 0 Å². The number of nitrogens with two attached hydrogens (primary N) is 1. The van der Waals surface area contributed by atoms with Gasteiger partial charge in [0.15, 0.2) is 0 Å². The Balaban J connectivity index is 0.000000444. The van der Waals surface area contributed by atoms with Crippen molar-refractivity contribution in [1.29, 1.82) is 0 Å². The summed E-state index contributed by atoms with van der Waals surface area (Å²) < 4.78 is 13.1. The van der Waals surface area contributed by atoms with Crippen LogP contribution in [-0.2, 0) is 6.42 Å². The van der Waals surface area contributed by atoms with Gasteiger partial charge in [-0.3, -0.25) is 4.68 Å². The lowest BCUT2D eigenvalue weighted by Crippen LogP contribution is -2.16. The molecule has 0 amide bonds. The quantitative estimate of drug-likeness (QED) is 0.222. The molecule has 220 valence electrons. The molecule has 0 radical (unpaired) electrons. The van der Waals surface area contributed by atoms with Crippen molar-refractivity contribution < 1.29 is 9.47 Å². The summed E-state index contributed by atoms with van der Waals surface area (Å²) in [6, 6.07) is 20.7. The minimum Gasteiger partial charge on any atom is -0.497 e. The second-order valence-corrected chi connectivity index (χ2v) is 11.4. The highest BCUT2D eigenvalue weighted by Gasteiger charge is 2.33. The molecule has 2 heterocycles. The molecule has 1 aliphatic rings. The van der Waals surface area contributed by atoms with Crippen molar-refractivity contribution in [3.63, 3.8) is 0 Å². The highest BCUT2D eigenvalue weighted by Crippen LogP contribution is 2.46. The Morgan fingerprint density at radius 2 is 1.24 bits per heavy atom. The standard InChI is InChI=1S/C30H32N2O2.C4H4S.C2H7N/c1-17-18(2)20(4)28-26(19(17)3)16-27-21(5)31-32(30(27)28)29(22-8-12-24(33-6)13-9-22)23-10-14-25(34-7)15-11-23;1-2-4-5-3-1;1-2-3/h8-15,29H,16H2,1-7H3;1-4H;2-3H2,1H3. The van der Waals surface area contributed by atoms with Gasteiger partial charge in [0.1, 0.15) is 17.5 Å². The van der Waals surface area contributed by atoms with Gasteiger partial charge in [-0.2, -0.15) is 16.4 Å². The first kappa shape index (κ1) is 31.1. The van der Waals surface area contributed by atoms with E-state index in [4.69, 9.17) is 20.3 Å². The van der Waals surface area contributed by atoms with Crippen LogP contribution in [-0.4, -0.2) is 30.5 Å². The molecule has 0 aliphatic heterocycles. The van der Waals surface area contributed by atoms with Crippen molar-refractivity contribution in [2.24, 2.45) is 5.73 Å². The summed E-state index contributed by atoms with van der Waals surface area (Å²) in [5.41, 5.74) is 19.3. The number of thiophene rings is 1. The number of hydrogen-bond donors (Lipinski definition) is 1. The number of aryl methyl sites for hydroxylation is 1. The highest BCUT2D eigenvalue weighted by molar-refractivity contribution is 7.07. The average molecular weight is 582 g/mol. The van der Waals surface area contributed by atoms with E-state index < -0.39 is 0 Å². The molecule has 2 N–H and O–H groups in total. The Bertz CT molecular complexity index is 1540. The molecular weight excluding hydrogens is 538 g/mol. The second kappa shape index (κ2) is 13.9. The molecule has 0 saturated heterocycles. The monoisotopic (exact) mass is 581 g/mol. The van der Waals surface area contributed by atoms with Crippen molar-refractivity contribution in [3.05, 3.63) is 122 Å². The van der Waals surface area contributed by atoms with Gasteiger partial charge in [0.2, 0.25) is 0 Å². The Morgan fingerprint density at radius 3 is 1.67 bits per heavy atom. The minimum absolute atomic E-state index is 0.0634. The third-order valence-electron chi connectivity index (χ3n) is 8.15. The van der Waals surface area contributed by atoms with Crippen molar-refractivity contribution in [1.82, 2.24) is 9.78 Å². The Kier molecular flexibility index (Phi) is 10.3. The molecule has 0 unspecified atom stereocenters. The van der Waals surface area contributed by atoms with Crippen molar-refractivity contribution in [3.8, 4) is 22.8 Å². The molecule has 5 nitrogen and oxygen atoms in total. The smallest absolute Gasteiger partial charge is 0.118 e. The van der Waals surface area contributed by atoms with Gasteiger partial charge in [0, 0.05) is 17.5 Å². The first-order valence-electron chi connectivity index (χ1n) is 14.4. The molecule has 0 atom stereocenters. The fourth-order valence-electron chi connectivity index (χ4n) is 5.63. The summed E-state index contributed by atoms with van der Waals surface area (Å²) in [4.78, 5) is 0. The first-order chi connectivity index (χ1) is 20.3. The lowest BCUT2D eigenvalue weighted by Gasteiger charge is -2.23. The van der Waals surface area contributed by atoms with E-state index in [1.54, 1.807) is 25.6 Å². The van der Waals surface area contributed by atoms with Crippen LogP contribution in [0.15, 0.2) is 71.4 Å². The zero-order valence-corrected chi connectivity index (χ0v) is 26.9. The average Bonchev–Trinajstić information content (AvgIpc) is 3.77. The Hall–Kier alpha value is -3.87. The summed E-state index contributed by atoms with van der Waals surface area (Å²) in [6.45, 7) is 13.8. The van der Waals surface area contributed by atoms with Gasteiger partial charge in [-0.15, -0.1) is 0 Å². The number of aromatic nitrogens is 2. The fourth-order valence-corrected chi connectivity index (χ4v) is 6.08. The van der Waals surface area contributed by atoms with Gasteiger partial charge >= 0.3 is 0 Å². The van der Waals surface area contributed by atoms with E-state index >= 15 is 0 Å². The lowest BCUT2D eigenvalue weighted by molar-refractivity contribution is 0.414. The van der Waals surface area contributed by atoms with Crippen LogP contribution >= 0.6 is 11.3 Å².